The number of rotatable bonds is 2. The van der Waals surface area contributed by atoms with E-state index >= 15 is 0 Å². The van der Waals surface area contributed by atoms with Gasteiger partial charge in [0.05, 0.1) is 0 Å². The van der Waals surface area contributed by atoms with E-state index in [1.807, 2.05) is 0 Å². The first-order valence-corrected chi connectivity index (χ1v) is 6.37. The summed E-state index contributed by atoms with van der Waals surface area (Å²) in [6, 6.07) is 0. The Morgan fingerprint density at radius 1 is 0.688 bits per heavy atom. The van der Waals surface area contributed by atoms with Crippen molar-refractivity contribution in [3.05, 3.63) is 0 Å². The van der Waals surface area contributed by atoms with Gasteiger partial charge in [0.15, 0.2) is 0 Å². The molecule has 0 aromatic carbocycles. The first-order chi connectivity index (χ1) is 7.77. The minimum Gasteiger partial charge on any atom is -0.273 e. The van der Waals surface area contributed by atoms with Gasteiger partial charge in [-0.1, -0.05) is 25.7 Å². The highest BCUT2D eigenvalue weighted by Gasteiger charge is 2.26. The average Bonchev–Trinajstić information content (AvgIpc) is 2.25. The summed E-state index contributed by atoms with van der Waals surface area (Å²) >= 11 is 0. The highest BCUT2D eigenvalue weighted by Crippen LogP contribution is 2.26. The maximum atomic E-state index is 11.7. The molecule has 2 aliphatic rings. The second-order valence-electron chi connectivity index (χ2n) is 4.94. The Morgan fingerprint density at radius 2 is 1.12 bits per heavy atom. The van der Waals surface area contributed by atoms with E-state index in [2.05, 4.69) is 10.9 Å². The minimum absolute atomic E-state index is 0.00706. The summed E-state index contributed by atoms with van der Waals surface area (Å²) in [6.07, 6.45) is 8.49. The zero-order chi connectivity index (χ0) is 11.4. The van der Waals surface area contributed by atoms with E-state index in [1.54, 1.807) is 0 Å². The van der Waals surface area contributed by atoms with Gasteiger partial charge >= 0.3 is 0 Å². The van der Waals surface area contributed by atoms with Crippen LogP contribution in [0.15, 0.2) is 0 Å². The molecule has 16 heavy (non-hydrogen) atoms. The number of hydrogen-bond donors (Lipinski definition) is 2. The van der Waals surface area contributed by atoms with Gasteiger partial charge in [0.25, 0.3) is 0 Å². The molecular formula is C12H20N2O2. The van der Waals surface area contributed by atoms with Crippen LogP contribution in [0.3, 0.4) is 0 Å². The molecule has 2 N–H and O–H groups in total. The molecule has 0 saturated heterocycles. The lowest BCUT2D eigenvalue weighted by Crippen LogP contribution is -2.48. The SMILES string of the molecule is O=C(NNC(=O)C1CCC1)C1CCCCC1. The molecule has 0 radical (unpaired) electrons. The average molecular weight is 224 g/mol. The second-order valence-corrected chi connectivity index (χ2v) is 4.94. The van der Waals surface area contributed by atoms with Crippen LogP contribution in [-0.4, -0.2) is 11.8 Å². The lowest BCUT2D eigenvalue weighted by molar-refractivity contribution is -0.134. The lowest BCUT2D eigenvalue weighted by atomic mass is 9.85. The van der Waals surface area contributed by atoms with Crippen molar-refractivity contribution < 1.29 is 9.59 Å². The normalized spacial score (nSPS) is 22.2. The van der Waals surface area contributed by atoms with Crippen LogP contribution < -0.4 is 10.9 Å². The minimum atomic E-state index is -0.0181. The Morgan fingerprint density at radius 3 is 1.50 bits per heavy atom. The summed E-state index contributed by atoms with van der Waals surface area (Å²) in [7, 11) is 0. The number of hydrazine groups is 1. The smallest absolute Gasteiger partial charge is 0.241 e. The summed E-state index contributed by atoms with van der Waals surface area (Å²) in [6.45, 7) is 0. The predicted molar refractivity (Wildman–Crippen MR) is 60.2 cm³/mol. The van der Waals surface area contributed by atoms with Crippen molar-refractivity contribution in [1.82, 2.24) is 10.9 Å². The fraction of sp³-hybridized carbons (Fsp3) is 0.833. The van der Waals surface area contributed by atoms with Gasteiger partial charge in [-0.15, -0.1) is 0 Å². The lowest BCUT2D eigenvalue weighted by Gasteiger charge is -2.25. The molecule has 2 amide bonds. The Kier molecular flexibility index (Phi) is 3.80. The van der Waals surface area contributed by atoms with Crippen LogP contribution in [0.5, 0.6) is 0 Å². The fourth-order valence-electron chi connectivity index (χ4n) is 2.36. The molecule has 0 aromatic heterocycles. The summed E-state index contributed by atoms with van der Waals surface area (Å²) in [5.74, 6) is 0.213. The van der Waals surface area contributed by atoms with Crippen LogP contribution in [0.4, 0.5) is 0 Å². The van der Waals surface area contributed by atoms with Crippen molar-refractivity contribution in [2.45, 2.75) is 51.4 Å². The van der Waals surface area contributed by atoms with Crippen molar-refractivity contribution in [1.29, 1.82) is 0 Å². The van der Waals surface area contributed by atoms with E-state index in [0.29, 0.717) is 0 Å². The molecule has 2 aliphatic carbocycles. The highest BCUT2D eigenvalue weighted by atomic mass is 16.2. The molecule has 4 nitrogen and oxygen atoms in total. The Labute approximate surface area is 96.1 Å². The van der Waals surface area contributed by atoms with Crippen LogP contribution >= 0.6 is 0 Å². The zero-order valence-corrected chi connectivity index (χ0v) is 9.63. The van der Waals surface area contributed by atoms with Crippen LogP contribution in [0.1, 0.15) is 51.4 Å². The molecule has 2 fully saturated rings. The molecule has 90 valence electrons. The van der Waals surface area contributed by atoms with Gasteiger partial charge in [-0.3, -0.25) is 20.4 Å². The molecule has 0 bridgehead atoms. The van der Waals surface area contributed by atoms with Gasteiger partial charge in [0, 0.05) is 11.8 Å². The van der Waals surface area contributed by atoms with Gasteiger partial charge in [-0.05, 0) is 25.7 Å². The largest absolute Gasteiger partial charge is 0.273 e. The van der Waals surface area contributed by atoms with E-state index in [-0.39, 0.29) is 23.7 Å². The third kappa shape index (κ3) is 2.74. The molecule has 0 heterocycles. The van der Waals surface area contributed by atoms with Crippen molar-refractivity contribution in [3.63, 3.8) is 0 Å². The highest BCUT2D eigenvalue weighted by molar-refractivity contribution is 5.84. The number of hydrogen-bond acceptors (Lipinski definition) is 2. The van der Waals surface area contributed by atoms with Crippen LogP contribution in [0.2, 0.25) is 0 Å². The number of carbonyl (C=O) groups excluding carboxylic acids is 2. The van der Waals surface area contributed by atoms with Crippen LogP contribution in [0, 0.1) is 11.8 Å². The summed E-state index contributed by atoms with van der Waals surface area (Å²) in [4.78, 5) is 23.2. The van der Waals surface area contributed by atoms with Crippen molar-refractivity contribution in [3.8, 4) is 0 Å². The van der Waals surface area contributed by atoms with Gasteiger partial charge < -0.3 is 0 Å². The Bertz CT molecular complexity index is 268. The van der Waals surface area contributed by atoms with E-state index in [9.17, 15) is 9.59 Å². The van der Waals surface area contributed by atoms with Gasteiger partial charge in [0.2, 0.25) is 11.8 Å². The monoisotopic (exact) mass is 224 g/mol. The molecule has 0 aromatic rings. The number of carbonyl (C=O) groups is 2. The molecule has 2 saturated carbocycles. The quantitative estimate of drug-likeness (QED) is 0.699. The third-order valence-corrected chi connectivity index (χ3v) is 3.76. The van der Waals surface area contributed by atoms with E-state index < -0.39 is 0 Å². The van der Waals surface area contributed by atoms with Gasteiger partial charge in [-0.2, -0.15) is 0 Å². The Balaban J connectivity index is 1.67. The van der Waals surface area contributed by atoms with Crippen LogP contribution in [0.25, 0.3) is 0 Å². The third-order valence-electron chi connectivity index (χ3n) is 3.76. The maximum Gasteiger partial charge on any atom is 0.241 e. The van der Waals surface area contributed by atoms with Crippen molar-refractivity contribution in [2.75, 3.05) is 0 Å². The zero-order valence-electron chi connectivity index (χ0n) is 9.63. The molecular weight excluding hydrogens is 204 g/mol. The first-order valence-electron chi connectivity index (χ1n) is 6.37. The first kappa shape index (κ1) is 11.4. The molecule has 0 spiro atoms. The topological polar surface area (TPSA) is 58.2 Å². The van der Waals surface area contributed by atoms with E-state index in [1.165, 1.54) is 6.42 Å². The standard InChI is InChI=1S/C12H20N2O2/c15-11(9-5-2-1-3-6-9)13-14-12(16)10-7-4-8-10/h9-10H,1-8H2,(H,13,15)(H,14,16). The Hall–Kier alpha value is -1.06. The van der Waals surface area contributed by atoms with Crippen molar-refractivity contribution in [2.24, 2.45) is 11.8 Å². The number of nitrogens with one attached hydrogen (secondary N) is 2. The molecule has 0 aliphatic heterocycles. The summed E-state index contributed by atoms with van der Waals surface area (Å²) in [5.41, 5.74) is 5.11. The second kappa shape index (κ2) is 5.32. The van der Waals surface area contributed by atoms with Gasteiger partial charge in [0.1, 0.15) is 0 Å². The molecule has 2 rings (SSSR count). The van der Waals surface area contributed by atoms with Gasteiger partial charge in [-0.25, -0.2) is 0 Å². The summed E-state index contributed by atoms with van der Waals surface area (Å²) < 4.78 is 0. The molecule has 0 atom stereocenters. The van der Waals surface area contributed by atoms with E-state index in [4.69, 9.17) is 0 Å². The molecule has 0 unspecified atom stereocenters. The maximum absolute atomic E-state index is 11.7. The van der Waals surface area contributed by atoms with Crippen molar-refractivity contribution >= 4 is 11.8 Å². The predicted octanol–water partition coefficient (Wildman–Crippen LogP) is 1.51. The van der Waals surface area contributed by atoms with Crippen LogP contribution in [-0.2, 0) is 9.59 Å². The number of amides is 2. The summed E-state index contributed by atoms with van der Waals surface area (Å²) in [5, 5.41) is 0. The van der Waals surface area contributed by atoms with E-state index in [0.717, 1.165) is 44.9 Å². The fourth-order valence-corrected chi connectivity index (χ4v) is 2.36. The molecule has 4 heteroatoms.